The lowest BCUT2D eigenvalue weighted by molar-refractivity contribution is 0.100. The van der Waals surface area contributed by atoms with Crippen molar-refractivity contribution in [1.82, 2.24) is 14.5 Å². The summed E-state index contributed by atoms with van der Waals surface area (Å²) in [6.45, 7) is 0. The zero-order chi connectivity index (χ0) is 18.7. The Hall–Kier alpha value is -1.74. The minimum Gasteiger partial charge on any atom is -0.598 e. The van der Waals surface area contributed by atoms with Crippen LogP contribution in [0.5, 0.6) is 0 Å². The van der Waals surface area contributed by atoms with Crippen molar-refractivity contribution in [3.05, 3.63) is 41.0 Å². The van der Waals surface area contributed by atoms with E-state index in [2.05, 4.69) is 15.1 Å². The zero-order valence-electron chi connectivity index (χ0n) is 14.4. The van der Waals surface area contributed by atoms with E-state index >= 15 is 0 Å². The highest BCUT2D eigenvalue weighted by molar-refractivity contribution is 7.88. The van der Waals surface area contributed by atoms with Crippen molar-refractivity contribution in [2.24, 2.45) is 5.73 Å². The molecule has 7 nitrogen and oxygen atoms in total. The number of halogens is 1. The molecule has 1 aromatic carbocycles. The highest BCUT2D eigenvalue weighted by Crippen LogP contribution is 2.30. The summed E-state index contributed by atoms with van der Waals surface area (Å²) in [5, 5.41) is 8.32. The van der Waals surface area contributed by atoms with Crippen LogP contribution in [0.25, 0.3) is 0 Å². The van der Waals surface area contributed by atoms with Gasteiger partial charge in [0.1, 0.15) is 11.8 Å². The van der Waals surface area contributed by atoms with Gasteiger partial charge in [0.05, 0.1) is 12.1 Å². The minimum absolute atomic E-state index is 0.192. The molecule has 0 aliphatic heterocycles. The molecular weight excluding hydrogens is 374 g/mol. The molecule has 1 saturated carbocycles. The molecule has 1 unspecified atom stereocenters. The molecule has 0 radical (unpaired) electrons. The minimum atomic E-state index is -1.00. The zero-order valence-corrected chi connectivity index (χ0v) is 16.0. The lowest BCUT2D eigenvalue weighted by Gasteiger charge is -2.28. The van der Waals surface area contributed by atoms with E-state index in [9.17, 15) is 9.35 Å². The van der Waals surface area contributed by atoms with Crippen LogP contribution in [-0.2, 0) is 11.4 Å². The number of nitrogens with two attached hydrogens (primary N) is 1. The number of hydrogen-bond donors (Lipinski definition) is 3. The van der Waals surface area contributed by atoms with Crippen molar-refractivity contribution < 1.29 is 9.35 Å². The lowest BCUT2D eigenvalue weighted by atomic mass is 9.92. The number of nitrogens with one attached hydrogen (secondary N) is 2. The van der Waals surface area contributed by atoms with Crippen molar-refractivity contribution >= 4 is 40.4 Å². The Labute approximate surface area is 160 Å². The van der Waals surface area contributed by atoms with Crippen LogP contribution in [0.2, 0.25) is 5.02 Å². The Morgan fingerprint density at radius 2 is 1.96 bits per heavy atom. The number of aromatic nitrogens is 2. The second-order valence-electron chi connectivity index (χ2n) is 6.44. The molecule has 2 aromatic rings. The molecular formula is C17H22ClN5O2S. The standard InChI is InChI=1S/C17H22ClN5O2S/c1-26(25)22-13-6-8-14(9-7-13)23-10-15(16(19)24)17(21-23)20-12-4-2-11(18)3-5-12/h2-5,10,13-14,22H,6-9H2,1H3,(H2,19,24)(H,20,21)/t13-,14+,26?. The lowest BCUT2D eigenvalue weighted by Crippen LogP contribution is -2.37. The fourth-order valence-electron chi connectivity index (χ4n) is 3.21. The van der Waals surface area contributed by atoms with Gasteiger partial charge in [-0.05, 0) is 49.9 Å². The van der Waals surface area contributed by atoms with Crippen LogP contribution in [0.1, 0.15) is 42.1 Å². The molecule has 1 aliphatic carbocycles. The first kappa shape index (κ1) is 19.0. The SMILES string of the molecule is C[S+]([O-])N[C@H]1CC[C@@H](n2cc(C(N)=O)c(Nc3ccc(Cl)cc3)n2)CC1. The number of benzene rings is 1. The van der Waals surface area contributed by atoms with E-state index in [0.29, 0.717) is 16.4 Å². The highest BCUT2D eigenvalue weighted by atomic mass is 35.5. The van der Waals surface area contributed by atoms with Crippen molar-refractivity contribution in [1.29, 1.82) is 0 Å². The first-order chi connectivity index (χ1) is 12.4. The van der Waals surface area contributed by atoms with Crippen LogP contribution >= 0.6 is 11.6 Å². The van der Waals surface area contributed by atoms with E-state index in [1.165, 1.54) is 0 Å². The summed E-state index contributed by atoms with van der Waals surface area (Å²) in [6.07, 6.45) is 6.97. The van der Waals surface area contributed by atoms with Crippen molar-refractivity contribution in [3.63, 3.8) is 0 Å². The van der Waals surface area contributed by atoms with Gasteiger partial charge in [-0.1, -0.05) is 11.6 Å². The number of primary amides is 1. The van der Waals surface area contributed by atoms with E-state index in [0.717, 1.165) is 31.4 Å². The molecule has 9 heteroatoms. The molecule has 4 N–H and O–H groups in total. The van der Waals surface area contributed by atoms with Gasteiger partial charge in [-0.15, -0.1) is 4.72 Å². The van der Waals surface area contributed by atoms with E-state index in [4.69, 9.17) is 17.3 Å². The Bertz CT molecular complexity index is 757. The molecule has 1 aliphatic rings. The first-order valence-electron chi connectivity index (χ1n) is 8.43. The quantitative estimate of drug-likeness (QED) is 0.651. The third-order valence-corrected chi connectivity index (χ3v) is 5.43. The van der Waals surface area contributed by atoms with Crippen molar-refractivity contribution in [3.8, 4) is 0 Å². The smallest absolute Gasteiger partial charge is 0.254 e. The number of rotatable bonds is 6. The third kappa shape index (κ3) is 4.70. The van der Waals surface area contributed by atoms with Gasteiger partial charge in [0.2, 0.25) is 0 Å². The maximum atomic E-state index is 11.8. The molecule has 140 valence electrons. The van der Waals surface area contributed by atoms with Crippen molar-refractivity contribution in [2.75, 3.05) is 11.6 Å². The Morgan fingerprint density at radius 3 is 2.54 bits per heavy atom. The van der Waals surface area contributed by atoms with Crippen LogP contribution in [0.4, 0.5) is 11.5 Å². The first-order valence-corrected chi connectivity index (χ1v) is 10.4. The maximum Gasteiger partial charge on any atom is 0.254 e. The van der Waals surface area contributed by atoms with Gasteiger partial charge in [-0.3, -0.25) is 9.48 Å². The highest BCUT2D eigenvalue weighted by Gasteiger charge is 2.26. The average molecular weight is 396 g/mol. The largest absolute Gasteiger partial charge is 0.598 e. The second kappa shape index (κ2) is 8.30. The van der Waals surface area contributed by atoms with Crippen molar-refractivity contribution in [2.45, 2.75) is 37.8 Å². The summed E-state index contributed by atoms with van der Waals surface area (Å²) in [6, 6.07) is 7.60. The summed E-state index contributed by atoms with van der Waals surface area (Å²) in [7, 11) is 0. The van der Waals surface area contributed by atoms with Gasteiger partial charge in [-0.2, -0.15) is 5.10 Å². The fraction of sp³-hybridized carbons (Fsp3) is 0.412. The Morgan fingerprint density at radius 1 is 1.31 bits per heavy atom. The normalized spacial score (nSPS) is 21.3. The summed E-state index contributed by atoms with van der Waals surface area (Å²) < 4.78 is 16.2. The summed E-state index contributed by atoms with van der Waals surface area (Å²) in [5.74, 6) is -0.0841. The Kier molecular flexibility index (Phi) is 6.08. The number of nitrogens with zero attached hydrogens (tertiary/aromatic N) is 2. The second-order valence-corrected chi connectivity index (χ2v) is 8.03. The molecule has 1 atom stereocenters. The third-order valence-electron chi connectivity index (χ3n) is 4.51. The summed E-state index contributed by atoms with van der Waals surface area (Å²) in [4.78, 5) is 11.8. The number of carbonyl (C=O) groups excluding carboxylic acids is 1. The number of carbonyl (C=O) groups is 1. The van der Waals surface area contributed by atoms with Gasteiger partial charge in [0.25, 0.3) is 5.91 Å². The number of anilines is 2. The van der Waals surface area contributed by atoms with Crippen LogP contribution < -0.4 is 15.8 Å². The molecule has 0 bridgehead atoms. The topological polar surface area (TPSA) is 108 Å². The number of amides is 1. The van der Waals surface area contributed by atoms with Gasteiger partial charge >= 0.3 is 0 Å². The predicted octanol–water partition coefficient (Wildman–Crippen LogP) is 2.75. The van der Waals surface area contributed by atoms with Gasteiger partial charge in [0.15, 0.2) is 5.82 Å². The molecule has 1 heterocycles. The van der Waals surface area contributed by atoms with Crippen LogP contribution in [0.3, 0.4) is 0 Å². The predicted molar refractivity (Wildman–Crippen MR) is 104 cm³/mol. The molecule has 1 fully saturated rings. The van der Waals surface area contributed by atoms with E-state index in [1.54, 1.807) is 24.6 Å². The Balaban J connectivity index is 1.73. The van der Waals surface area contributed by atoms with Crippen LogP contribution in [-0.4, -0.2) is 32.5 Å². The van der Waals surface area contributed by atoms with E-state index < -0.39 is 17.3 Å². The maximum absolute atomic E-state index is 11.8. The van der Waals surface area contributed by atoms with Gasteiger partial charge < -0.3 is 15.6 Å². The van der Waals surface area contributed by atoms with E-state index in [1.807, 2.05) is 16.8 Å². The molecule has 0 saturated heterocycles. The van der Waals surface area contributed by atoms with Gasteiger partial charge in [-0.25, -0.2) is 0 Å². The fourth-order valence-corrected chi connectivity index (χ4v) is 4.05. The molecule has 1 amide bonds. The van der Waals surface area contributed by atoms with Gasteiger partial charge in [0, 0.05) is 28.3 Å². The van der Waals surface area contributed by atoms with E-state index in [-0.39, 0.29) is 12.1 Å². The summed E-state index contributed by atoms with van der Waals surface area (Å²) >= 11 is 4.90. The monoisotopic (exact) mass is 395 g/mol. The summed E-state index contributed by atoms with van der Waals surface area (Å²) in [5.41, 5.74) is 6.65. The molecule has 3 rings (SSSR count). The van der Waals surface area contributed by atoms with Crippen LogP contribution in [0.15, 0.2) is 30.5 Å². The average Bonchev–Trinajstić information content (AvgIpc) is 3.01. The molecule has 26 heavy (non-hydrogen) atoms. The van der Waals surface area contributed by atoms with Crippen LogP contribution in [0, 0.1) is 0 Å². The molecule has 1 aromatic heterocycles. The number of hydrogen-bond acceptors (Lipinski definition) is 5. The molecule has 0 spiro atoms.